The van der Waals surface area contributed by atoms with E-state index in [0.29, 0.717) is 22.4 Å². The molecule has 126 valence electrons. The predicted octanol–water partition coefficient (Wildman–Crippen LogP) is 3.62. The van der Waals surface area contributed by atoms with Crippen molar-refractivity contribution in [2.24, 2.45) is 4.99 Å². The van der Waals surface area contributed by atoms with Crippen molar-refractivity contribution in [2.75, 3.05) is 6.61 Å². The molecular weight excluding hydrogens is 342 g/mol. The molecule has 0 heterocycles. The highest BCUT2D eigenvalue weighted by Crippen LogP contribution is 2.25. The Bertz CT molecular complexity index is 887. The summed E-state index contributed by atoms with van der Waals surface area (Å²) >= 11 is 6.15. The Morgan fingerprint density at radius 1 is 1.08 bits per heavy atom. The Morgan fingerprint density at radius 2 is 1.72 bits per heavy atom. The first kappa shape index (κ1) is 17.0. The number of alkyl halides is 1. The van der Waals surface area contributed by atoms with Gasteiger partial charge in [-0.05, 0) is 31.2 Å². The van der Waals surface area contributed by atoms with Gasteiger partial charge in [-0.15, -0.1) is 11.6 Å². The van der Waals surface area contributed by atoms with Gasteiger partial charge >= 0.3 is 5.97 Å². The number of hydrogen-bond acceptors (Lipinski definition) is 5. The van der Waals surface area contributed by atoms with Gasteiger partial charge in [0.25, 0.3) is 0 Å². The minimum atomic E-state index is -1.13. The zero-order valence-electron chi connectivity index (χ0n) is 13.4. The highest BCUT2D eigenvalue weighted by molar-refractivity contribution is 6.65. The normalized spacial score (nSPS) is 18.2. The molecule has 1 unspecified atom stereocenters. The topological polar surface area (TPSA) is 72.8 Å². The molecule has 0 fully saturated rings. The van der Waals surface area contributed by atoms with Gasteiger partial charge in [0.2, 0.25) is 5.78 Å². The van der Waals surface area contributed by atoms with E-state index in [1.54, 1.807) is 55.5 Å². The number of esters is 1. The molecule has 1 atom stereocenters. The number of carbonyl (C=O) groups is 3. The first-order valence-electron chi connectivity index (χ1n) is 7.70. The minimum Gasteiger partial charge on any atom is -0.462 e. The number of ether oxygens (including phenoxy) is 1. The van der Waals surface area contributed by atoms with Gasteiger partial charge in [-0.1, -0.05) is 24.3 Å². The molecule has 1 aliphatic rings. The van der Waals surface area contributed by atoms with Crippen molar-refractivity contribution in [1.82, 2.24) is 0 Å². The van der Waals surface area contributed by atoms with E-state index >= 15 is 0 Å². The maximum Gasteiger partial charge on any atom is 0.338 e. The zero-order chi connectivity index (χ0) is 18.0. The minimum absolute atomic E-state index is 0.0192. The largest absolute Gasteiger partial charge is 0.462 e. The lowest BCUT2D eigenvalue weighted by atomic mass is 9.88. The highest BCUT2D eigenvalue weighted by atomic mass is 35.5. The van der Waals surface area contributed by atoms with Gasteiger partial charge in [0, 0.05) is 11.1 Å². The number of halogens is 1. The Balaban J connectivity index is 1.95. The Hall–Kier alpha value is -2.79. The lowest BCUT2D eigenvalue weighted by Gasteiger charge is -2.19. The van der Waals surface area contributed by atoms with E-state index in [0.717, 1.165) is 0 Å². The number of carbonyl (C=O) groups excluding carboxylic acids is 3. The third kappa shape index (κ3) is 3.23. The molecular formula is C19H14ClNO4. The van der Waals surface area contributed by atoms with Crippen LogP contribution in [0.1, 0.15) is 38.0 Å². The quantitative estimate of drug-likeness (QED) is 0.622. The van der Waals surface area contributed by atoms with Crippen LogP contribution in [0.15, 0.2) is 53.5 Å². The fourth-order valence-corrected chi connectivity index (χ4v) is 2.81. The summed E-state index contributed by atoms with van der Waals surface area (Å²) < 4.78 is 4.91. The Labute approximate surface area is 149 Å². The number of Topliss-reactive ketones (excluding diaryl/α,β-unsaturated/α-hetero) is 2. The number of nitrogens with zero attached hydrogens (tertiary/aromatic N) is 1. The summed E-state index contributed by atoms with van der Waals surface area (Å²) in [7, 11) is 0. The van der Waals surface area contributed by atoms with Gasteiger partial charge in [0.15, 0.2) is 5.78 Å². The van der Waals surface area contributed by atoms with Gasteiger partial charge in [-0.3, -0.25) is 9.59 Å². The molecule has 0 bridgehead atoms. The summed E-state index contributed by atoms with van der Waals surface area (Å²) in [6, 6.07) is 12.8. The summed E-state index contributed by atoms with van der Waals surface area (Å²) in [4.78, 5) is 40.8. The summed E-state index contributed by atoms with van der Waals surface area (Å²) in [5.41, 5.74) is 1.39. The second kappa shape index (κ2) is 6.99. The van der Waals surface area contributed by atoms with Crippen molar-refractivity contribution in [3.63, 3.8) is 0 Å². The second-order valence-corrected chi connectivity index (χ2v) is 5.80. The van der Waals surface area contributed by atoms with Crippen LogP contribution in [0.25, 0.3) is 0 Å². The molecule has 3 rings (SSSR count). The SMILES string of the molecule is CCOC(=O)c1ccc(N=C2C(=O)c3ccccc3C(=O)C2Cl)cc1. The van der Waals surface area contributed by atoms with Gasteiger partial charge < -0.3 is 4.74 Å². The van der Waals surface area contributed by atoms with E-state index in [-0.39, 0.29) is 23.9 Å². The first-order valence-corrected chi connectivity index (χ1v) is 8.14. The third-order valence-corrected chi connectivity index (χ3v) is 4.17. The lowest BCUT2D eigenvalue weighted by molar-refractivity contribution is 0.0526. The number of ketones is 2. The average Bonchev–Trinajstić information content (AvgIpc) is 2.64. The molecule has 5 nitrogen and oxygen atoms in total. The van der Waals surface area contributed by atoms with Crippen LogP contribution in [0, 0.1) is 0 Å². The standard InChI is InChI=1S/C19H14ClNO4/c1-2-25-19(24)11-7-9-12(10-8-11)21-16-15(20)17(22)13-5-3-4-6-14(13)18(16)23/h3-10,15H,2H2,1H3. The number of hydrogen-bond donors (Lipinski definition) is 0. The zero-order valence-corrected chi connectivity index (χ0v) is 14.1. The molecule has 0 amide bonds. The van der Waals surface area contributed by atoms with Crippen molar-refractivity contribution in [3.8, 4) is 0 Å². The van der Waals surface area contributed by atoms with E-state index < -0.39 is 11.3 Å². The van der Waals surface area contributed by atoms with E-state index in [2.05, 4.69) is 4.99 Å². The maximum atomic E-state index is 12.6. The van der Waals surface area contributed by atoms with Crippen LogP contribution in [0.3, 0.4) is 0 Å². The first-order chi connectivity index (χ1) is 12.0. The van der Waals surface area contributed by atoms with Crippen molar-refractivity contribution in [3.05, 3.63) is 65.2 Å². The number of rotatable bonds is 3. The van der Waals surface area contributed by atoms with Crippen molar-refractivity contribution >= 4 is 40.5 Å². The van der Waals surface area contributed by atoms with Crippen molar-refractivity contribution < 1.29 is 19.1 Å². The second-order valence-electron chi connectivity index (χ2n) is 5.37. The Kier molecular flexibility index (Phi) is 4.76. The fourth-order valence-electron chi connectivity index (χ4n) is 2.54. The van der Waals surface area contributed by atoms with Crippen LogP contribution in [0.5, 0.6) is 0 Å². The van der Waals surface area contributed by atoms with Gasteiger partial charge in [0.05, 0.1) is 17.9 Å². The van der Waals surface area contributed by atoms with Gasteiger partial charge in [-0.2, -0.15) is 0 Å². The van der Waals surface area contributed by atoms with Gasteiger partial charge in [0.1, 0.15) is 11.1 Å². The number of aliphatic imine (C=N–C) groups is 1. The molecule has 0 spiro atoms. The van der Waals surface area contributed by atoms with E-state index in [1.165, 1.54) is 0 Å². The van der Waals surface area contributed by atoms with Crippen LogP contribution in [0.4, 0.5) is 5.69 Å². The van der Waals surface area contributed by atoms with Crippen LogP contribution < -0.4 is 0 Å². The highest BCUT2D eigenvalue weighted by Gasteiger charge is 2.37. The van der Waals surface area contributed by atoms with Crippen molar-refractivity contribution in [2.45, 2.75) is 12.3 Å². The molecule has 25 heavy (non-hydrogen) atoms. The molecule has 0 radical (unpaired) electrons. The number of benzene rings is 2. The van der Waals surface area contributed by atoms with Crippen LogP contribution in [0.2, 0.25) is 0 Å². The van der Waals surface area contributed by atoms with E-state index in [1.807, 2.05) is 0 Å². The molecule has 6 heteroatoms. The summed E-state index contributed by atoms with van der Waals surface area (Å²) in [6.07, 6.45) is 0. The van der Waals surface area contributed by atoms with E-state index in [9.17, 15) is 14.4 Å². The van der Waals surface area contributed by atoms with Crippen molar-refractivity contribution in [1.29, 1.82) is 0 Å². The summed E-state index contributed by atoms with van der Waals surface area (Å²) in [6.45, 7) is 2.01. The summed E-state index contributed by atoms with van der Waals surface area (Å²) in [5.74, 6) is -1.15. The molecule has 2 aromatic carbocycles. The van der Waals surface area contributed by atoms with Crippen LogP contribution >= 0.6 is 11.6 Å². The molecule has 1 aliphatic carbocycles. The fraction of sp³-hybridized carbons (Fsp3) is 0.158. The Morgan fingerprint density at radius 3 is 2.36 bits per heavy atom. The monoisotopic (exact) mass is 355 g/mol. The average molecular weight is 356 g/mol. The van der Waals surface area contributed by atoms with Crippen LogP contribution in [-0.4, -0.2) is 35.2 Å². The molecule has 0 saturated heterocycles. The number of fused-ring (bicyclic) bond motifs is 1. The molecule has 0 aromatic heterocycles. The van der Waals surface area contributed by atoms with E-state index in [4.69, 9.17) is 16.3 Å². The molecule has 2 aromatic rings. The third-order valence-electron chi connectivity index (χ3n) is 3.77. The lowest BCUT2D eigenvalue weighted by Crippen LogP contribution is -2.37. The summed E-state index contributed by atoms with van der Waals surface area (Å²) in [5, 5.41) is -1.13. The maximum absolute atomic E-state index is 12.6. The molecule has 0 N–H and O–H groups in total. The molecule has 0 aliphatic heterocycles. The smallest absolute Gasteiger partial charge is 0.338 e. The van der Waals surface area contributed by atoms with Gasteiger partial charge in [-0.25, -0.2) is 9.79 Å². The predicted molar refractivity (Wildman–Crippen MR) is 94.2 cm³/mol. The van der Waals surface area contributed by atoms with Crippen LogP contribution in [-0.2, 0) is 4.74 Å². The molecule has 0 saturated carbocycles.